The Morgan fingerprint density at radius 1 is 1.21 bits per heavy atom. The van der Waals surface area contributed by atoms with Gasteiger partial charge in [-0.1, -0.05) is 11.3 Å². The van der Waals surface area contributed by atoms with Gasteiger partial charge in [-0.25, -0.2) is 0 Å². The molecule has 0 saturated carbocycles. The average molecular weight is 485 g/mol. The van der Waals surface area contributed by atoms with Crippen molar-refractivity contribution in [2.45, 2.75) is 31.9 Å². The van der Waals surface area contributed by atoms with Crippen molar-refractivity contribution in [3.05, 3.63) is 47.1 Å². The number of carbonyl (C=O) groups excluding carboxylic acids is 1. The van der Waals surface area contributed by atoms with Crippen LogP contribution in [0.25, 0.3) is 0 Å². The number of ketones is 1. The first kappa shape index (κ1) is 23.8. The van der Waals surface area contributed by atoms with Gasteiger partial charge >= 0.3 is 0 Å². The number of aromatic nitrogens is 4. The lowest BCUT2D eigenvalue weighted by Crippen LogP contribution is -2.26. The van der Waals surface area contributed by atoms with E-state index in [0.29, 0.717) is 33.8 Å². The molecular weight excluding hydrogens is 456 g/mol. The molecule has 1 aliphatic heterocycles. The molecule has 3 aromatic rings. The molecule has 2 aromatic heterocycles. The summed E-state index contributed by atoms with van der Waals surface area (Å²) < 4.78 is 16.5. The number of hydrogen-bond donors (Lipinski definition) is 1. The number of ether oxygens (including phenoxy) is 3. The smallest absolute Gasteiger partial charge is 0.205 e. The number of nitrogens with one attached hydrogen (secondary N) is 1. The van der Waals surface area contributed by atoms with Crippen molar-refractivity contribution >= 4 is 28.1 Å². The Hall–Kier alpha value is -3.31. The zero-order chi connectivity index (χ0) is 23.9. The first-order chi connectivity index (χ1) is 16.6. The van der Waals surface area contributed by atoms with E-state index in [9.17, 15) is 4.79 Å². The minimum Gasteiger partial charge on any atom is -0.497 e. The summed E-state index contributed by atoms with van der Waals surface area (Å²) in [6, 6.07) is 9.39. The molecule has 0 bridgehead atoms. The van der Waals surface area contributed by atoms with Gasteiger partial charge in [0, 0.05) is 38.0 Å². The highest BCUT2D eigenvalue weighted by Gasteiger charge is 2.26. The summed E-state index contributed by atoms with van der Waals surface area (Å²) in [4.78, 5) is 15.3. The molecule has 1 aromatic carbocycles. The van der Waals surface area contributed by atoms with Gasteiger partial charge in [-0.2, -0.15) is 5.10 Å². The van der Waals surface area contributed by atoms with E-state index in [1.165, 1.54) is 11.3 Å². The van der Waals surface area contributed by atoms with Crippen molar-refractivity contribution in [1.29, 1.82) is 0 Å². The average Bonchev–Trinajstić information content (AvgIpc) is 3.52. The summed E-state index contributed by atoms with van der Waals surface area (Å²) in [6.45, 7) is 3.94. The number of benzene rings is 1. The monoisotopic (exact) mass is 484 g/mol. The maximum atomic E-state index is 13.1. The van der Waals surface area contributed by atoms with Gasteiger partial charge in [0.25, 0.3) is 0 Å². The number of nitrogens with zero attached hydrogens (tertiary/aromatic N) is 5. The fourth-order valence-electron chi connectivity index (χ4n) is 3.87. The Morgan fingerprint density at radius 3 is 2.68 bits per heavy atom. The van der Waals surface area contributed by atoms with Crippen LogP contribution >= 0.6 is 11.3 Å². The molecule has 1 N–H and O–H groups in total. The zero-order valence-electron chi connectivity index (χ0n) is 19.4. The van der Waals surface area contributed by atoms with E-state index in [-0.39, 0.29) is 18.2 Å². The number of carbonyl (C=O) groups is 1. The predicted molar refractivity (Wildman–Crippen MR) is 129 cm³/mol. The fraction of sp³-hybridized carbons (Fsp3) is 0.435. The van der Waals surface area contributed by atoms with Gasteiger partial charge in [-0.3, -0.25) is 4.79 Å². The van der Waals surface area contributed by atoms with Crippen molar-refractivity contribution in [1.82, 2.24) is 20.4 Å². The summed E-state index contributed by atoms with van der Waals surface area (Å²) in [6.07, 6.45) is 2.00. The third-order valence-electron chi connectivity index (χ3n) is 5.49. The van der Waals surface area contributed by atoms with Crippen LogP contribution in [0.5, 0.6) is 11.5 Å². The standard InChI is InChI=1S/C23H28N6O4S/c1-4-33-22(15-10-17(31-2)12-18(11-15)32-3)19(30)13-21-27-28-23(34-21)25-16-7-9-29(14-16)20-6-5-8-24-26-20/h5-6,8,10-12,16,22H,4,7,9,13-14H2,1-3H3,(H,25,28)/t16-,22+/m1/s1. The highest BCUT2D eigenvalue weighted by molar-refractivity contribution is 7.15. The third kappa shape index (κ3) is 5.78. The van der Waals surface area contributed by atoms with Crippen molar-refractivity contribution in [3.63, 3.8) is 0 Å². The van der Waals surface area contributed by atoms with Crippen LogP contribution in [0.2, 0.25) is 0 Å². The van der Waals surface area contributed by atoms with Gasteiger partial charge < -0.3 is 24.4 Å². The molecule has 0 aliphatic carbocycles. The van der Waals surface area contributed by atoms with Crippen LogP contribution in [-0.4, -0.2) is 66.1 Å². The molecule has 180 valence electrons. The fourth-order valence-corrected chi connectivity index (χ4v) is 4.70. The van der Waals surface area contributed by atoms with E-state index in [2.05, 4.69) is 30.6 Å². The van der Waals surface area contributed by atoms with Crippen molar-refractivity contribution in [2.75, 3.05) is 44.1 Å². The lowest BCUT2D eigenvalue weighted by atomic mass is 10.0. The number of hydrogen-bond acceptors (Lipinski definition) is 11. The topological polar surface area (TPSA) is 112 Å². The Morgan fingerprint density at radius 2 is 2.00 bits per heavy atom. The van der Waals surface area contributed by atoms with Crippen molar-refractivity contribution in [2.24, 2.45) is 0 Å². The van der Waals surface area contributed by atoms with Crippen LogP contribution in [0.3, 0.4) is 0 Å². The first-order valence-electron chi connectivity index (χ1n) is 11.1. The maximum absolute atomic E-state index is 13.1. The molecular formula is C23H28N6O4S. The van der Waals surface area contributed by atoms with Crippen LogP contribution in [0.1, 0.15) is 30.0 Å². The Bertz CT molecular complexity index is 1070. The Balaban J connectivity index is 1.39. The van der Waals surface area contributed by atoms with Gasteiger partial charge in [0.1, 0.15) is 22.6 Å². The number of Topliss-reactive ketones (excluding diaryl/α,β-unsaturated/α-hetero) is 1. The molecule has 4 rings (SSSR count). The van der Waals surface area contributed by atoms with Crippen LogP contribution < -0.4 is 19.7 Å². The normalized spacial score (nSPS) is 16.3. The second kappa shape index (κ2) is 11.2. The van der Waals surface area contributed by atoms with Crippen LogP contribution in [0.15, 0.2) is 36.5 Å². The summed E-state index contributed by atoms with van der Waals surface area (Å²) >= 11 is 1.39. The van der Waals surface area contributed by atoms with Gasteiger partial charge in [0.2, 0.25) is 5.13 Å². The maximum Gasteiger partial charge on any atom is 0.205 e. The molecule has 2 atom stereocenters. The Labute approximate surface area is 202 Å². The van der Waals surface area contributed by atoms with E-state index in [4.69, 9.17) is 14.2 Å². The molecule has 1 saturated heterocycles. The molecule has 1 aliphatic rings. The SMILES string of the molecule is CCO[C@H](C(=O)Cc1nnc(N[C@@H]2CCN(c3cccnn3)C2)s1)c1cc(OC)cc(OC)c1. The second-order valence-electron chi connectivity index (χ2n) is 7.78. The number of rotatable bonds is 11. The number of anilines is 2. The van der Waals surface area contributed by atoms with Gasteiger partial charge in [0.15, 0.2) is 11.6 Å². The van der Waals surface area contributed by atoms with Crippen molar-refractivity contribution < 1.29 is 19.0 Å². The molecule has 0 radical (unpaired) electrons. The number of methoxy groups -OCH3 is 2. The van der Waals surface area contributed by atoms with Crippen LogP contribution in [-0.2, 0) is 16.0 Å². The molecule has 34 heavy (non-hydrogen) atoms. The summed E-state index contributed by atoms with van der Waals surface area (Å²) in [5.41, 5.74) is 0.681. The lowest BCUT2D eigenvalue weighted by molar-refractivity contribution is -0.130. The largest absolute Gasteiger partial charge is 0.497 e. The highest BCUT2D eigenvalue weighted by Crippen LogP contribution is 2.30. The molecule has 0 unspecified atom stereocenters. The zero-order valence-corrected chi connectivity index (χ0v) is 20.2. The summed E-state index contributed by atoms with van der Waals surface area (Å²) in [7, 11) is 3.14. The highest BCUT2D eigenvalue weighted by atomic mass is 32.1. The lowest BCUT2D eigenvalue weighted by Gasteiger charge is -2.17. The van der Waals surface area contributed by atoms with E-state index < -0.39 is 6.10 Å². The van der Waals surface area contributed by atoms with E-state index >= 15 is 0 Å². The van der Waals surface area contributed by atoms with E-state index in [1.54, 1.807) is 38.6 Å². The minimum atomic E-state index is -0.746. The molecule has 0 spiro atoms. The van der Waals surface area contributed by atoms with Crippen molar-refractivity contribution in [3.8, 4) is 11.5 Å². The first-order valence-corrected chi connectivity index (χ1v) is 11.9. The third-order valence-corrected chi connectivity index (χ3v) is 6.35. The Kier molecular flexibility index (Phi) is 7.86. The molecule has 0 amide bonds. The van der Waals surface area contributed by atoms with E-state index in [0.717, 1.165) is 25.3 Å². The molecule has 1 fully saturated rings. The molecule has 11 heteroatoms. The van der Waals surface area contributed by atoms with Gasteiger partial charge in [-0.15, -0.1) is 15.3 Å². The minimum absolute atomic E-state index is 0.102. The van der Waals surface area contributed by atoms with Crippen LogP contribution in [0.4, 0.5) is 10.9 Å². The summed E-state index contributed by atoms with van der Waals surface area (Å²) in [5.74, 6) is 1.96. The quantitative estimate of drug-likeness (QED) is 0.436. The molecule has 10 nitrogen and oxygen atoms in total. The molecule has 3 heterocycles. The van der Waals surface area contributed by atoms with Gasteiger partial charge in [-0.05, 0) is 43.2 Å². The van der Waals surface area contributed by atoms with Crippen LogP contribution in [0, 0.1) is 0 Å². The second-order valence-corrected chi connectivity index (χ2v) is 8.85. The van der Waals surface area contributed by atoms with E-state index in [1.807, 2.05) is 19.1 Å². The summed E-state index contributed by atoms with van der Waals surface area (Å²) in [5, 5.41) is 21.4. The van der Waals surface area contributed by atoms with Gasteiger partial charge in [0.05, 0.1) is 20.6 Å². The predicted octanol–water partition coefficient (Wildman–Crippen LogP) is 2.93.